The number of benzene rings is 1. The minimum Gasteiger partial charge on any atom is -0.456 e. The molecule has 0 spiro atoms. The Morgan fingerprint density at radius 3 is 2.86 bits per heavy atom. The molecule has 1 aromatic carbocycles. The minimum absolute atomic E-state index is 0.192. The first-order chi connectivity index (χ1) is 10.0. The van der Waals surface area contributed by atoms with Crippen molar-refractivity contribution in [3.05, 3.63) is 29.3 Å². The minimum atomic E-state index is 0.192. The van der Waals surface area contributed by atoms with Crippen molar-refractivity contribution in [3.63, 3.8) is 0 Å². The quantitative estimate of drug-likeness (QED) is 0.218. The monoisotopic (exact) mass is 307 g/mol. The van der Waals surface area contributed by atoms with Crippen LogP contribution in [0.1, 0.15) is 25.0 Å². The van der Waals surface area contributed by atoms with Crippen molar-refractivity contribution in [1.82, 2.24) is 5.43 Å². The summed E-state index contributed by atoms with van der Waals surface area (Å²) in [6.45, 7) is 8.51. The van der Waals surface area contributed by atoms with Gasteiger partial charge in [0.25, 0.3) is 6.47 Å². The van der Waals surface area contributed by atoms with Crippen LogP contribution in [0.5, 0.6) is 0 Å². The molecule has 0 atom stereocenters. The number of hydrogen-bond acceptors (Lipinski definition) is 5. The highest BCUT2D eigenvalue weighted by molar-refractivity contribution is 8.13. The molecule has 0 bridgehead atoms. The molecule has 1 N–H and O–H groups in total. The molecular formula is C15H21N3O2S. The number of ether oxygens (including phenoxy) is 1. The highest BCUT2D eigenvalue weighted by atomic mass is 32.2. The predicted molar refractivity (Wildman–Crippen MR) is 89.1 cm³/mol. The van der Waals surface area contributed by atoms with Crippen LogP contribution in [0, 0.1) is 19.8 Å². The Morgan fingerprint density at radius 2 is 2.19 bits per heavy atom. The summed E-state index contributed by atoms with van der Waals surface area (Å²) in [5, 5.41) is 4.71. The molecule has 5 nitrogen and oxygen atoms in total. The standard InChI is InChI=1S/C15H21N3O2S/c1-11(2)8-16-18-15(21-10-20-9-19)17-14-7-12(3)5-6-13(14)4/h5-9,11H,10H2,1-4H3,(H,17,18)/b16-8+. The maximum absolute atomic E-state index is 10.2. The lowest BCUT2D eigenvalue weighted by atomic mass is 10.1. The maximum Gasteiger partial charge on any atom is 0.293 e. The van der Waals surface area contributed by atoms with E-state index in [0.717, 1.165) is 16.8 Å². The third kappa shape index (κ3) is 6.94. The fourth-order valence-electron chi connectivity index (χ4n) is 1.40. The summed E-state index contributed by atoms with van der Waals surface area (Å²) in [7, 11) is 0. The van der Waals surface area contributed by atoms with Crippen molar-refractivity contribution in [2.45, 2.75) is 27.7 Å². The maximum atomic E-state index is 10.2. The lowest BCUT2D eigenvalue weighted by molar-refractivity contribution is -0.126. The number of aryl methyl sites for hydroxylation is 2. The molecule has 114 valence electrons. The summed E-state index contributed by atoms with van der Waals surface area (Å²) in [5.74, 6) is 0.535. The van der Waals surface area contributed by atoms with Gasteiger partial charge in [-0.2, -0.15) is 5.10 Å². The van der Waals surface area contributed by atoms with E-state index in [1.54, 1.807) is 6.21 Å². The molecule has 0 radical (unpaired) electrons. The Bertz CT molecular complexity index is 528. The molecule has 0 aromatic heterocycles. The second kappa shape index (κ2) is 9.18. The van der Waals surface area contributed by atoms with E-state index >= 15 is 0 Å². The van der Waals surface area contributed by atoms with Crippen molar-refractivity contribution in [2.24, 2.45) is 16.0 Å². The molecule has 0 heterocycles. The molecule has 1 rings (SSSR count). The second-order valence-electron chi connectivity index (χ2n) is 4.87. The van der Waals surface area contributed by atoms with Gasteiger partial charge in [0.2, 0.25) is 0 Å². The highest BCUT2D eigenvalue weighted by Crippen LogP contribution is 2.21. The van der Waals surface area contributed by atoms with Gasteiger partial charge in [-0.3, -0.25) is 10.2 Å². The number of aliphatic imine (C=N–C) groups is 1. The number of carbonyl (C=O) groups excluding carboxylic acids is 1. The van der Waals surface area contributed by atoms with Gasteiger partial charge in [0.15, 0.2) is 5.17 Å². The first-order valence-corrected chi connectivity index (χ1v) is 7.64. The van der Waals surface area contributed by atoms with Crippen LogP contribution in [-0.2, 0) is 9.53 Å². The summed E-state index contributed by atoms with van der Waals surface area (Å²) in [4.78, 5) is 14.8. The molecule has 1 aromatic rings. The molecule has 0 fully saturated rings. The number of hydrogen-bond donors (Lipinski definition) is 1. The van der Waals surface area contributed by atoms with Crippen LogP contribution in [0.3, 0.4) is 0 Å². The molecule has 21 heavy (non-hydrogen) atoms. The van der Waals surface area contributed by atoms with E-state index < -0.39 is 0 Å². The van der Waals surface area contributed by atoms with Crippen LogP contribution in [0.25, 0.3) is 0 Å². The number of carbonyl (C=O) groups is 1. The van der Waals surface area contributed by atoms with E-state index in [0.29, 0.717) is 17.6 Å². The van der Waals surface area contributed by atoms with E-state index in [1.807, 2.05) is 45.9 Å². The number of nitrogens with zero attached hydrogens (tertiary/aromatic N) is 2. The zero-order valence-corrected chi connectivity index (χ0v) is 13.6. The first-order valence-electron chi connectivity index (χ1n) is 6.66. The van der Waals surface area contributed by atoms with Crippen molar-refractivity contribution in [1.29, 1.82) is 0 Å². The van der Waals surface area contributed by atoms with Crippen LogP contribution < -0.4 is 5.43 Å². The van der Waals surface area contributed by atoms with Crippen LogP contribution in [-0.4, -0.2) is 23.8 Å². The fraction of sp³-hybridized carbons (Fsp3) is 0.400. The fourth-order valence-corrected chi connectivity index (χ4v) is 1.91. The second-order valence-corrected chi connectivity index (χ2v) is 5.78. The van der Waals surface area contributed by atoms with Gasteiger partial charge in [0, 0.05) is 6.21 Å². The van der Waals surface area contributed by atoms with Crippen LogP contribution in [0.4, 0.5) is 5.69 Å². The number of amidine groups is 1. The summed E-state index contributed by atoms with van der Waals surface area (Å²) in [6.07, 6.45) is 1.79. The largest absolute Gasteiger partial charge is 0.456 e. The molecular weight excluding hydrogens is 286 g/mol. The summed E-state index contributed by atoms with van der Waals surface area (Å²) in [5.41, 5.74) is 5.97. The lowest BCUT2D eigenvalue weighted by Gasteiger charge is -2.07. The molecule has 0 unspecified atom stereocenters. The zero-order chi connectivity index (χ0) is 15.7. The third-order valence-corrected chi connectivity index (χ3v) is 3.16. The van der Waals surface area contributed by atoms with E-state index in [9.17, 15) is 4.79 Å². The summed E-state index contributed by atoms with van der Waals surface area (Å²) in [6, 6.07) is 6.07. The number of rotatable bonds is 6. The molecule has 6 heteroatoms. The number of hydrazone groups is 1. The average Bonchev–Trinajstić information content (AvgIpc) is 2.42. The predicted octanol–water partition coefficient (Wildman–Crippen LogP) is 3.39. The molecule has 0 aliphatic rings. The van der Waals surface area contributed by atoms with Gasteiger partial charge >= 0.3 is 0 Å². The SMILES string of the molecule is Cc1ccc(C)c(N=C(N/N=C/C(C)C)SCOC=O)c1. The molecule has 0 saturated carbocycles. The Kier molecular flexibility index (Phi) is 7.53. The molecule has 0 amide bonds. The summed E-state index contributed by atoms with van der Waals surface area (Å²) >= 11 is 1.28. The third-order valence-electron chi connectivity index (χ3n) is 2.45. The van der Waals surface area contributed by atoms with E-state index in [-0.39, 0.29) is 5.94 Å². The molecule has 0 saturated heterocycles. The van der Waals surface area contributed by atoms with Crippen LogP contribution in [0.15, 0.2) is 28.3 Å². The van der Waals surface area contributed by atoms with E-state index in [2.05, 4.69) is 15.5 Å². The Labute approximate surface area is 129 Å². The summed E-state index contributed by atoms with van der Waals surface area (Å²) < 4.78 is 4.69. The molecule has 0 aliphatic carbocycles. The Morgan fingerprint density at radius 1 is 1.43 bits per heavy atom. The van der Waals surface area contributed by atoms with Gasteiger partial charge in [-0.05, 0) is 48.7 Å². The number of nitrogens with one attached hydrogen (secondary N) is 1. The first kappa shape index (κ1) is 17.2. The van der Waals surface area contributed by atoms with Crippen molar-refractivity contribution in [2.75, 3.05) is 5.94 Å². The van der Waals surface area contributed by atoms with Gasteiger partial charge in [0.05, 0.1) is 5.69 Å². The zero-order valence-electron chi connectivity index (χ0n) is 12.8. The van der Waals surface area contributed by atoms with Crippen molar-refractivity contribution in [3.8, 4) is 0 Å². The van der Waals surface area contributed by atoms with Gasteiger partial charge in [-0.1, -0.05) is 26.0 Å². The van der Waals surface area contributed by atoms with Gasteiger partial charge in [-0.25, -0.2) is 4.99 Å². The average molecular weight is 307 g/mol. The highest BCUT2D eigenvalue weighted by Gasteiger charge is 2.03. The van der Waals surface area contributed by atoms with Crippen molar-refractivity contribution < 1.29 is 9.53 Å². The Balaban J connectivity index is 2.89. The van der Waals surface area contributed by atoms with Crippen LogP contribution >= 0.6 is 11.8 Å². The van der Waals surface area contributed by atoms with Crippen LogP contribution in [0.2, 0.25) is 0 Å². The van der Waals surface area contributed by atoms with E-state index in [4.69, 9.17) is 4.74 Å². The van der Waals surface area contributed by atoms with Gasteiger partial charge < -0.3 is 4.74 Å². The van der Waals surface area contributed by atoms with Gasteiger partial charge in [-0.15, -0.1) is 0 Å². The molecule has 0 aliphatic heterocycles. The van der Waals surface area contributed by atoms with Gasteiger partial charge in [0.1, 0.15) is 5.94 Å². The smallest absolute Gasteiger partial charge is 0.293 e. The number of thioether (sulfide) groups is 1. The Hall–Kier alpha value is -1.82. The normalized spacial score (nSPS) is 12.0. The van der Waals surface area contributed by atoms with Crippen molar-refractivity contribution >= 4 is 35.3 Å². The van der Waals surface area contributed by atoms with E-state index in [1.165, 1.54) is 11.8 Å². The topological polar surface area (TPSA) is 63.1 Å². The lowest BCUT2D eigenvalue weighted by Crippen LogP contribution is -2.15.